The first-order valence-corrected chi connectivity index (χ1v) is 7.31. The fourth-order valence-electron chi connectivity index (χ4n) is 1.82. The maximum absolute atomic E-state index is 3.63. The first-order chi connectivity index (χ1) is 7.54. The van der Waals surface area contributed by atoms with Crippen molar-refractivity contribution in [2.75, 3.05) is 6.54 Å². The SMILES string of the molecule is CCNC(CC(C)C)c1cc(Br)ccc1Br. The van der Waals surface area contributed by atoms with Crippen LogP contribution in [0.5, 0.6) is 0 Å². The molecule has 0 bridgehead atoms. The predicted octanol–water partition coefficient (Wildman–Crippen LogP) is 4.91. The molecule has 1 aromatic carbocycles. The van der Waals surface area contributed by atoms with Gasteiger partial charge in [0.15, 0.2) is 0 Å². The van der Waals surface area contributed by atoms with E-state index in [0.29, 0.717) is 12.0 Å². The third kappa shape index (κ3) is 4.19. The minimum atomic E-state index is 0.428. The molecule has 1 nitrogen and oxygen atoms in total. The summed E-state index contributed by atoms with van der Waals surface area (Å²) in [5.41, 5.74) is 1.34. The Hall–Kier alpha value is 0.140. The summed E-state index contributed by atoms with van der Waals surface area (Å²) in [6.07, 6.45) is 1.16. The summed E-state index contributed by atoms with van der Waals surface area (Å²) in [6.45, 7) is 7.67. The standard InChI is InChI=1S/C13H19Br2N/c1-4-16-13(7-9(2)3)11-8-10(14)5-6-12(11)15/h5-6,8-9,13,16H,4,7H2,1-3H3. The highest BCUT2D eigenvalue weighted by atomic mass is 79.9. The number of halogens is 2. The number of hydrogen-bond acceptors (Lipinski definition) is 1. The zero-order valence-corrected chi connectivity index (χ0v) is 13.2. The molecule has 1 aromatic rings. The third-order valence-electron chi connectivity index (χ3n) is 2.49. The van der Waals surface area contributed by atoms with Crippen molar-refractivity contribution < 1.29 is 0 Å². The fraction of sp³-hybridized carbons (Fsp3) is 0.538. The molecule has 0 amide bonds. The van der Waals surface area contributed by atoms with E-state index >= 15 is 0 Å². The summed E-state index contributed by atoms with van der Waals surface area (Å²) in [4.78, 5) is 0. The molecule has 90 valence electrons. The van der Waals surface area contributed by atoms with Gasteiger partial charge in [0.05, 0.1) is 0 Å². The zero-order valence-electron chi connectivity index (χ0n) is 10.1. The maximum Gasteiger partial charge on any atom is 0.0334 e. The van der Waals surface area contributed by atoms with Crippen LogP contribution in [0.4, 0.5) is 0 Å². The molecule has 1 atom stereocenters. The van der Waals surface area contributed by atoms with Crippen molar-refractivity contribution in [2.45, 2.75) is 33.2 Å². The number of nitrogens with one attached hydrogen (secondary N) is 1. The summed E-state index contributed by atoms with van der Waals surface area (Å²) in [7, 11) is 0. The van der Waals surface area contributed by atoms with Gasteiger partial charge in [-0.2, -0.15) is 0 Å². The van der Waals surface area contributed by atoms with Crippen molar-refractivity contribution in [3.05, 3.63) is 32.7 Å². The van der Waals surface area contributed by atoms with E-state index in [9.17, 15) is 0 Å². The summed E-state index contributed by atoms with van der Waals surface area (Å²) in [5, 5.41) is 3.55. The van der Waals surface area contributed by atoms with Crippen LogP contribution in [-0.4, -0.2) is 6.54 Å². The van der Waals surface area contributed by atoms with E-state index in [2.05, 4.69) is 76.1 Å². The molecule has 0 fully saturated rings. The topological polar surface area (TPSA) is 12.0 Å². The fourth-order valence-corrected chi connectivity index (χ4v) is 2.72. The first kappa shape index (κ1) is 14.2. The van der Waals surface area contributed by atoms with Gasteiger partial charge in [0, 0.05) is 15.0 Å². The van der Waals surface area contributed by atoms with Crippen molar-refractivity contribution in [2.24, 2.45) is 5.92 Å². The van der Waals surface area contributed by atoms with Crippen LogP contribution in [0.3, 0.4) is 0 Å². The number of hydrogen-bond donors (Lipinski definition) is 1. The van der Waals surface area contributed by atoms with E-state index in [1.807, 2.05) is 0 Å². The van der Waals surface area contributed by atoms with Crippen LogP contribution < -0.4 is 5.32 Å². The Balaban J connectivity index is 2.94. The van der Waals surface area contributed by atoms with Crippen molar-refractivity contribution >= 4 is 31.9 Å². The number of rotatable bonds is 5. The summed E-state index contributed by atoms with van der Waals surface area (Å²) in [5.74, 6) is 0.690. The quantitative estimate of drug-likeness (QED) is 0.797. The van der Waals surface area contributed by atoms with Gasteiger partial charge >= 0.3 is 0 Å². The van der Waals surface area contributed by atoms with Gasteiger partial charge in [-0.3, -0.25) is 0 Å². The van der Waals surface area contributed by atoms with Crippen molar-refractivity contribution in [1.29, 1.82) is 0 Å². The van der Waals surface area contributed by atoms with Crippen LogP contribution >= 0.6 is 31.9 Å². The lowest BCUT2D eigenvalue weighted by atomic mass is 9.97. The third-order valence-corrected chi connectivity index (χ3v) is 3.71. The molecule has 3 heteroatoms. The Kier molecular flexibility index (Phi) is 6.01. The van der Waals surface area contributed by atoms with E-state index < -0.39 is 0 Å². The Morgan fingerprint density at radius 3 is 2.50 bits per heavy atom. The average molecular weight is 349 g/mol. The molecule has 1 unspecified atom stereocenters. The second kappa shape index (κ2) is 6.77. The van der Waals surface area contributed by atoms with E-state index in [4.69, 9.17) is 0 Å². The molecule has 0 aromatic heterocycles. The molecule has 0 aliphatic heterocycles. The van der Waals surface area contributed by atoms with Gasteiger partial charge in [-0.1, -0.05) is 52.6 Å². The van der Waals surface area contributed by atoms with Crippen LogP contribution in [0.2, 0.25) is 0 Å². The monoisotopic (exact) mass is 347 g/mol. The van der Waals surface area contributed by atoms with E-state index in [0.717, 1.165) is 17.4 Å². The zero-order chi connectivity index (χ0) is 12.1. The van der Waals surface area contributed by atoms with Gasteiger partial charge in [-0.15, -0.1) is 0 Å². The molecule has 0 saturated carbocycles. The molecular formula is C13H19Br2N. The molecule has 16 heavy (non-hydrogen) atoms. The normalized spacial score (nSPS) is 13.1. The molecule has 0 spiro atoms. The Morgan fingerprint density at radius 2 is 1.94 bits per heavy atom. The second-order valence-electron chi connectivity index (χ2n) is 4.41. The highest BCUT2D eigenvalue weighted by Crippen LogP contribution is 2.30. The van der Waals surface area contributed by atoms with Crippen LogP contribution in [0.25, 0.3) is 0 Å². The average Bonchev–Trinajstić information content (AvgIpc) is 2.20. The minimum absolute atomic E-state index is 0.428. The van der Waals surface area contributed by atoms with Crippen molar-refractivity contribution in [3.63, 3.8) is 0 Å². The number of benzene rings is 1. The predicted molar refractivity (Wildman–Crippen MR) is 77.7 cm³/mol. The van der Waals surface area contributed by atoms with E-state index in [1.54, 1.807) is 0 Å². The van der Waals surface area contributed by atoms with Crippen LogP contribution in [0, 0.1) is 5.92 Å². The molecular weight excluding hydrogens is 330 g/mol. The summed E-state index contributed by atoms with van der Waals surface area (Å²) >= 11 is 7.16. The lowest BCUT2D eigenvalue weighted by molar-refractivity contribution is 0.437. The van der Waals surface area contributed by atoms with Gasteiger partial charge in [0.25, 0.3) is 0 Å². The smallest absolute Gasteiger partial charge is 0.0334 e. The van der Waals surface area contributed by atoms with Crippen LogP contribution in [0.1, 0.15) is 38.8 Å². The molecule has 0 aliphatic carbocycles. The van der Waals surface area contributed by atoms with Crippen LogP contribution in [-0.2, 0) is 0 Å². The van der Waals surface area contributed by atoms with E-state index in [1.165, 1.54) is 10.0 Å². The van der Waals surface area contributed by atoms with Gasteiger partial charge in [-0.05, 0) is 42.6 Å². The van der Waals surface area contributed by atoms with Gasteiger partial charge in [0.1, 0.15) is 0 Å². The lowest BCUT2D eigenvalue weighted by Gasteiger charge is -2.22. The van der Waals surface area contributed by atoms with Gasteiger partial charge in [-0.25, -0.2) is 0 Å². The van der Waals surface area contributed by atoms with E-state index in [-0.39, 0.29) is 0 Å². The molecule has 1 N–H and O–H groups in total. The molecule has 0 aliphatic rings. The largest absolute Gasteiger partial charge is 0.310 e. The second-order valence-corrected chi connectivity index (χ2v) is 6.18. The summed E-state index contributed by atoms with van der Waals surface area (Å²) in [6, 6.07) is 6.78. The molecule has 0 radical (unpaired) electrons. The lowest BCUT2D eigenvalue weighted by Crippen LogP contribution is -2.22. The highest BCUT2D eigenvalue weighted by molar-refractivity contribution is 9.11. The molecule has 0 heterocycles. The molecule has 0 saturated heterocycles. The Labute approximate surface area is 115 Å². The maximum atomic E-state index is 3.63. The molecule has 1 rings (SSSR count). The Bertz CT molecular complexity index is 337. The minimum Gasteiger partial charge on any atom is -0.310 e. The highest BCUT2D eigenvalue weighted by Gasteiger charge is 2.15. The summed E-state index contributed by atoms with van der Waals surface area (Å²) < 4.78 is 2.32. The van der Waals surface area contributed by atoms with Gasteiger partial charge < -0.3 is 5.32 Å². The van der Waals surface area contributed by atoms with Crippen LogP contribution in [0.15, 0.2) is 27.1 Å². The first-order valence-electron chi connectivity index (χ1n) is 5.73. The van der Waals surface area contributed by atoms with Crippen molar-refractivity contribution in [1.82, 2.24) is 5.32 Å². The van der Waals surface area contributed by atoms with Gasteiger partial charge in [0.2, 0.25) is 0 Å². The van der Waals surface area contributed by atoms with Crippen molar-refractivity contribution in [3.8, 4) is 0 Å². The Morgan fingerprint density at radius 1 is 1.25 bits per heavy atom.